The van der Waals surface area contributed by atoms with Gasteiger partial charge in [0.25, 0.3) is 5.91 Å². The van der Waals surface area contributed by atoms with Crippen LogP contribution in [-0.4, -0.2) is 21.1 Å². The summed E-state index contributed by atoms with van der Waals surface area (Å²) < 4.78 is -1.04. The Morgan fingerprint density at radius 2 is 1.51 bits per heavy atom. The first-order valence-corrected chi connectivity index (χ1v) is 14.1. The molecule has 1 fully saturated rings. The number of hydrogen-bond donors (Lipinski definition) is 0. The van der Waals surface area contributed by atoms with E-state index in [0.717, 1.165) is 22.5 Å². The molecule has 37 heavy (non-hydrogen) atoms. The molecule has 0 saturated carbocycles. The molecule has 0 bridgehead atoms. The van der Waals surface area contributed by atoms with Crippen molar-refractivity contribution in [3.05, 3.63) is 123 Å². The number of nitrogens with zero attached hydrogens (tertiary/aromatic N) is 3. The number of thiophene rings is 1. The number of hydrazone groups is 1. The van der Waals surface area contributed by atoms with E-state index in [-0.39, 0.29) is 11.7 Å². The number of carbonyl (C=O) groups is 2. The van der Waals surface area contributed by atoms with Gasteiger partial charge in [-0.3, -0.25) is 14.5 Å². The van der Waals surface area contributed by atoms with Gasteiger partial charge in [0.05, 0.1) is 15.5 Å². The molecule has 0 aliphatic carbocycles. The van der Waals surface area contributed by atoms with Gasteiger partial charge in [-0.25, -0.2) is 5.01 Å². The van der Waals surface area contributed by atoms with Gasteiger partial charge >= 0.3 is 0 Å². The highest BCUT2D eigenvalue weighted by molar-refractivity contribution is 8.29. The second kappa shape index (κ2) is 9.70. The van der Waals surface area contributed by atoms with Gasteiger partial charge < -0.3 is 0 Å². The molecule has 182 valence electrons. The summed E-state index contributed by atoms with van der Waals surface area (Å²) in [5.41, 5.74) is 3.63. The lowest BCUT2D eigenvalue weighted by atomic mass is 10.1. The number of anilines is 2. The van der Waals surface area contributed by atoms with E-state index in [1.165, 1.54) is 34.9 Å². The highest BCUT2D eigenvalue weighted by Crippen LogP contribution is 2.59. The quantitative estimate of drug-likeness (QED) is 0.198. The van der Waals surface area contributed by atoms with Crippen molar-refractivity contribution in [2.75, 3.05) is 9.91 Å². The minimum Gasteiger partial charge on any atom is -0.285 e. The van der Waals surface area contributed by atoms with E-state index in [2.05, 4.69) is 0 Å². The number of benzene rings is 3. The van der Waals surface area contributed by atoms with E-state index in [1.54, 1.807) is 11.0 Å². The number of rotatable bonds is 5. The molecule has 1 aromatic heterocycles. The zero-order valence-electron chi connectivity index (χ0n) is 19.8. The Morgan fingerprint density at radius 3 is 2.16 bits per heavy atom. The van der Waals surface area contributed by atoms with Gasteiger partial charge in [-0.05, 0) is 66.0 Å². The zero-order chi connectivity index (χ0) is 25.4. The third-order valence-electron chi connectivity index (χ3n) is 5.96. The SMILES string of the molecule is Cc1ccc(/C=C2\SC3(SC(C(=O)c4cccs4)=NN3c3ccccc3)N(c3ccccc3)C2=O)cc1. The molecule has 1 spiro atoms. The van der Waals surface area contributed by atoms with Crippen LogP contribution in [0.5, 0.6) is 0 Å². The first kappa shape index (κ1) is 23.8. The van der Waals surface area contributed by atoms with Crippen LogP contribution < -0.4 is 9.91 Å². The lowest BCUT2D eigenvalue weighted by Crippen LogP contribution is -2.51. The minimum atomic E-state index is -1.04. The Morgan fingerprint density at radius 1 is 0.838 bits per heavy atom. The van der Waals surface area contributed by atoms with Crippen LogP contribution in [0.2, 0.25) is 0 Å². The molecule has 8 heteroatoms. The highest BCUT2D eigenvalue weighted by atomic mass is 32.2. The molecular weight excluding hydrogens is 519 g/mol. The maximum Gasteiger partial charge on any atom is 0.268 e. The maximum atomic E-state index is 14.1. The molecule has 1 unspecified atom stereocenters. The molecule has 1 atom stereocenters. The van der Waals surface area contributed by atoms with E-state index < -0.39 is 4.33 Å². The third-order valence-corrected chi connectivity index (χ3v) is 9.54. The first-order valence-electron chi connectivity index (χ1n) is 11.6. The number of carbonyl (C=O) groups excluding carboxylic acids is 2. The Hall–Kier alpha value is -3.59. The first-order chi connectivity index (χ1) is 18.0. The van der Waals surface area contributed by atoms with E-state index >= 15 is 0 Å². The monoisotopic (exact) mass is 539 g/mol. The Balaban J connectivity index is 1.51. The van der Waals surface area contributed by atoms with Crippen molar-refractivity contribution in [1.29, 1.82) is 0 Å². The van der Waals surface area contributed by atoms with Gasteiger partial charge in [0.15, 0.2) is 5.04 Å². The molecule has 0 N–H and O–H groups in total. The largest absolute Gasteiger partial charge is 0.285 e. The van der Waals surface area contributed by atoms with Crippen molar-refractivity contribution in [2.24, 2.45) is 5.10 Å². The summed E-state index contributed by atoms with van der Waals surface area (Å²) in [7, 11) is 0. The molecule has 4 aromatic rings. The van der Waals surface area contributed by atoms with E-state index in [0.29, 0.717) is 14.8 Å². The Bertz CT molecular complexity index is 1520. The summed E-state index contributed by atoms with van der Waals surface area (Å²) in [4.78, 5) is 30.5. The van der Waals surface area contributed by atoms with Crippen LogP contribution in [0.1, 0.15) is 20.8 Å². The maximum absolute atomic E-state index is 14.1. The number of thioether (sulfide) groups is 2. The highest BCUT2D eigenvalue weighted by Gasteiger charge is 2.60. The van der Waals surface area contributed by atoms with Crippen molar-refractivity contribution in [3.8, 4) is 0 Å². The lowest BCUT2D eigenvalue weighted by Gasteiger charge is -2.38. The molecule has 6 rings (SSSR count). The Labute approximate surface area is 227 Å². The van der Waals surface area contributed by atoms with Crippen molar-refractivity contribution >= 4 is 69.0 Å². The van der Waals surface area contributed by atoms with Gasteiger partial charge in [-0.2, -0.15) is 5.10 Å². The van der Waals surface area contributed by atoms with Crippen molar-refractivity contribution < 1.29 is 9.59 Å². The second-order valence-electron chi connectivity index (χ2n) is 8.51. The van der Waals surface area contributed by atoms with Crippen molar-refractivity contribution in [3.63, 3.8) is 0 Å². The molecule has 0 radical (unpaired) electrons. The number of ketones is 1. The normalized spacial score (nSPS) is 20.2. The molecule has 1 saturated heterocycles. The average molecular weight is 540 g/mol. The molecule has 3 heterocycles. The summed E-state index contributed by atoms with van der Waals surface area (Å²) >= 11 is 4.11. The van der Waals surface area contributed by atoms with Gasteiger partial charge in [0.1, 0.15) is 0 Å². The summed E-state index contributed by atoms with van der Waals surface area (Å²) in [6.45, 7) is 2.04. The molecule has 2 aliphatic rings. The minimum absolute atomic E-state index is 0.134. The van der Waals surface area contributed by atoms with Crippen LogP contribution in [0, 0.1) is 6.92 Å². The van der Waals surface area contributed by atoms with Gasteiger partial charge in [0.2, 0.25) is 10.1 Å². The number of aryl methyl sites for hydroxylation is 1. The lowest BCUT2D eigenvalue weighted by molar-refractivity contribution is -0.114. The molecule has 1 amide bonds. The van der Waals surface area contributed by atoms with Gasteiger partial charge in [0, 0.05) is 5.69 Å². The molecule has 2 aliphatic heterocycles. The van der Waals surface area contributed by atoms with Gasteiger partial charge in [-0.15, -0.1) is 11.3 Å². The van der Waals surface area contributed by atoms with E-state index in [1.807, 2.05) is 114 Å². The molecule has 3 aromatic carbocycles. The fraction of sp³-hybridized carbons (Fsp3) is 0.0690. The van der Waals surface area contributed by atoms with Crippen LogP contribution >= 0.6 is 34.9 Å². The van der Waals surface area contributed by atoms with Crippen molar-refractivity contribution in [2.45, 2.75) is 11.3 Å². The third kappa shape index (κ3) is 4.31. The number of hydrogen-bond acceptors (Lipinski definition) is 7. The molecule has 5 nitrogen and oxygen atoms in total. The van der Waals surface area contributed by atoms with Crippen LogP contribution in [0.25, 0.3) is 6.08 Å². The van der Waals surface area contributed by atoms with Gasteiger partial charge in [-0.1, -0.05) is 84.1 Å². The summed E-state index contributed by atoms with van der Waals surface area (Å²) in [6.07, 6.45) is 1.92. The predicted octanol–water partition coefficient (Wildman–Crippen LogP) is 7.24. The summed E-state index contributed by atoms with van der Waals surface area (Å²) in [6, 6.07) is 31.0. The Kier molecular flexibility index (Phi) is 6.24. The van der Waals surface area contributed by atoms with E-state index in [9.17, 15) is 9.59 Å². The summed E-state index contributed by atoms with van der Waals surface area (Å²) in [5.74, 6) is -0.278. The van der Waals surface area contributed by atoms with Crippen LogP contribution in [0.15, 0.2) is 112 Å². The number of amides is 1. The van der Waals surface area contributed by atoms with Crippen molar-refractivity contribution in [1.82, 2.24) is 0 Å². The van der Waals surface area contributed by atoms with E-state index in [4.69, 9.17) is 5.10 Å². The molecular formula is C29H21N3O2S3. The van der Waals surface area contributed by atoms with Crippen LogP contribution in [-0.2, 0) is 4.79 Å². The van der Waals surface area contributed by atoms with Crippen LogP contribution in [0.3, 0.4) is 0 Å². The second-order valence-corrected chi connectivity index (χ2v) is 12.1. The fourth-order valence-electron chi connectivity index (χ4n) is 4.18. The standard InChI is InChI=1S/C29H21N3O2S3/c1-20-14-16-21(17-15-20)19-25-28(34)31(22-9-4-2-5-10-22)29(36-25)32(23-11-6-3-7-12-23)30-27(37-29)26(33)24-13-8-18-35-24/h2-19H,1H3/b25-19-. The zero-order valence-corrected chi connectivity index (χ0v) is 22.2. The smallest absolute Gasteiger partial charge is 0.268 e. The topological polar surface area (TPSA) is 53.0 Å². The fourth-order valence-corrected chi connectivity index (χ4v) is 7.84. The average Bonchev–Trinajstić information content (AvgIpc) is 3.65. The predicted molar refractivity (Wildman–Crippen MR) is 156 cm³/mol. The number of Topliss-reactive ketones (excluding diaryl/α,β-unsaturated/α-hetero) is 1. The number of para-hydroxylation sites is 2. The van der Waals surface area contributed by atoms with Crippen LogP contribution in [0.4, 0.5) is 11.4 Å². The summed E-state index contributed by atoms with van der Waals surface area (Å²) in [5, 5.41) is 8.88.